The van der Waals surface area contributed by atoms with Gasteiger partial charge in [-0.05, 0) is 60.2 Å². The van der Waals surface area contributed by atoms with Crippen molar-refractivity contribution < 1.29 is 19.4 Å². The number of carbonyl (C=O) groups is 2. The number of hydrogen-bond donors (Lipinski definition) is 1. The zero-order chi connectivity index (χ0) is 17.1. The van der Waals surface area contributed by atoms with E-state index in [2.05, 4.69) is 0 Å². The molecule has 0 saturated heterocycles. The lowest BCUT2D eigenvalue weighted by Crippen LogP contribution is -2.46. The number of ketones is 1. The SMILES string of the molecule is CC(=O)Oc1ccc2c3c(ccc2c1)[C@]1(O)CCC(=O)[C@@]1(C)CC3. The summed E-state index contributed by atoms with van der Waals surface area (Å²) in [6, 6.07) is 9.43. The van der Waals surface area contributed by atoms with Crippen molar-refractivity contribution in [2.24, 2.45) is 5.41 Å². The van der Waals surface area contributed by atoms with Gasteiger partial charge >= 0.3 is 5.97 Å². The molecule has 2 aromatic rings. The van der Waals surface area contributed by atoms with Gasteiger partial charge in [0.2, 0.25) is 0 Å². The zero-order valence-corrected chi connectivity index (χ0v) is 13.9. The predicted octanol–water partition coefficient (Wildman–Crippen LogP) is 3.27. The summed E-state index contributed by atoms with van der Waals surface area (Å²) in [6.07, 6.45) is 2.37. The highest BCUT2D eigenvalue weighted by atomic mass is 16.5. The average Bonchev–Trinajstić information content (AvgIpc) is 2.78. The van der Waals surface area contributed by atoms with Crippen molar-refractivity contribution in [3.05, 3.63) is 41.5 Å². The molecule has 0 aromatic heterocycles. The zero-order valence-electron chi connectivity index (χ0n) is 13.9. The Morgan fingerprint density at radius 1 is 1.17 bits per heavy atom. The molecule has 1 saturated carbocycles. The minimum atomic E-state index is -1.07. The lowest BCUT2D eigenvalue weighted by atomic mass is 9.63. The molecule has 0 bridgehead atoms. The number of rotatable bonds is 1. The van der Waals surface area contributed by atoms with Gasteiger partial charge in [0.1, 0.15) is 17.1 Å². The molecule has 24 heavy (non-hydrogen) atoms. The first-order valence-electron chi connectivity index (χ1n) is 8.35. The fourth-order valence-corrected chi connectivity index (χ4v) is 4.49. The maximum Gasteiger partial charge on any atom is 0.308 e. The number of ether oxygens (including phenoxy) is 1. The van der Waals surface area contributed by atoms with Gasteiger partial charge in [-0.2, -0.15) is 0 Å². The first-order valence-corrected chi connectivity index (χ1v) is 8.35. The van der Waals surface area contributed by atoms with Gasteiger partial charge in [0.25, 0.3) is 0 Å². The van der Waals surface area contributed by atoms with Crippen LogP contribution >= 0.6 is 0 Å². The van der Waals surface area contributed by atoms with E-state index in [4.69, 9.17) is 4.74 Å². The van der Waals surface area contributed by atoms with Gasteiger partial charge in [-0.3, -0.25) is 9.59 Å². The molecule has 4 rings (SSSR count). The van der Waals surface area contributed by atoms with E-state index in [1.165, 1.54) is 6.92 Å². The fourth-order valence-electron chi connectivity index (χ4n) is 4.49. The summed E-state index contributed by atoms with van der Waals surface area (Å²) < 4.78 is 5.15. The first-order chi connectivity index (χ1) is 11.3. The van der Waals surface area contributed by atoms with E-state index in [-0.39, 0.29) is 11.8 Å². The molecule has 0 aliphatic heterocycles. The second-order valence-electron chi connectivity index (χ2n) is 7.18. The molecule has 4 nitrogen and oxygen atoms in total. The van der Waals surface area contributed by atoms with Crippen LogP contribution in [0.25, 0.3) is 10.8 Å². The van der Waals surface area contributed by atoms with E-state index < -0.39 is 11.0 Å². The van der Waals surface area contributed by atoms with Gasteiger partial charge in [-0.1, -0.05) is 18.2 Å². The Labute approximate surface area is 140 Å². The molecule has 0 amide bonds. The van der Waals surface area contributed by atoms with Crippen molar-refractivity contribution >= 4 is 22.5 Å². The summed E-state index contributed by atoms with van der Waals surface area (Å²) in [5.74, 6) is 0.341. The highest BCUT2D eigenvalue weighted by Gasteiger charge is 2.59. The molecule has 0 spiro atoms. The van der Waals surface area contributed by atoms with Crippen LogP contribution in [-0.2, 0) is 21.6 Å². The highest BCUT2D eigenvalue weighted by molar-refractivity contribution is 5.93. The molecule has 124 valence electrons. The van der Waals surface area contributed by atoms with Crippen LogP contribution in [0.3, 0.4) is 0 Å². The monoisotopic (exact) mass is 324 g/mol. The summed E-state index contributed by atoms with van der Waals surface area (Å²) in [6.45, 7) is 3.28. The number of esters is 1. The quantitative estimate of drug-likeness (QED) is 0.646. The second-order valence-corrected chi connectivity index (χ2v) is 7.18. The van der Waals surface area contributed by atoms with Crippen LogP contribution in [0.2, 0.25) is 0 Å². The van der Waals surface area contributed by atoms with Crippen molar-refractivity contribution in [2.75, 3.05) is 0 Å². The molecule has 2 atom stereocenters. The van der Waals surface area contributed by atoms with Crippen molar-refractivity contribution in [3.63, 3.8) is 0 Å². The second kappa shape index (κ2) is 4.90. The molecular formula is C20H20O4. The van der Waals surface area contributed by atoms with Crippen LogP contribution in [-0.4, -0.2) is 16.9 Å². The molecule has 0 radical (unpaired) electrons. The Balaban J connectivity index is 1.88. The number of carbonyl (C=O) groups excluding carboxylic acids is 2. The van der Waals surface area contributed by atoms with E-state index in [1.54, 1.807) is 6.07 Å². The minimum Gasteiger partial charge on any atom is -0.427 e. The van der Waals surface area contributed by atoms with Crippen molar-refractivity contribution in [1.82, 2.24) is 0 Å². The Morgan fingerprint density at radius 2 is 1.96 bits per heavy atom. The minimum absolute atomic E-state index is 0.168. The van der Waals surface area contributed by atoms with Crippen LogP contribution in [0.15, 0.2) is 30.3 Å². The lowest BCUT2D eigenvalue weighted by molar-refractivity contribution is -0.138. The van der Waals surface area contributed by atoms with Crippen LogP contribution in [0, 0.1) is 5.41 Å². The number of aliphatic hydroxyl groups is 1. The molecule has 0 heterocycles. The van der Waals surface area contributed by atoms with Crippen LogP contribution < -0.4 is 4.74 Å². The third-order valence-corrected chi connectivity index (χ3v) is 5.93. The maximum absolute atomic E-state index is 12.3. The average molecular weight is 324 g/mol. The largest absolute Gasteiger partial charge is 0.427 e. The van der Waals surface area contributed by atoms with Crippen LogP contribution in [0.1, 0.15) is 44.2 Å². The fraction of sp³-hybridized carbons (Fsp3) is 0.400. The Bertz CT molecular complexity index is 885. The maximum atomic E-state index is 12.3. The molecule has 0 unspecified atom stereocenters. The number of benzene rings is 2. The number of fused-ring (bicyclic) bond motifs is 5. The number of aryl methyl sites for hydroxylation is 1. The third-order valence-electron chi connectivity index (χ3n) is 5.93. The van der Waals surface area contributed by atoms with Crippen LogP contribution in [0.5, 0.6) is 5.75 Å². The van der Waals surface area contributed by atoms with E-state index in [0.717, 1.165) is 28.3 Å². The van der Waals surface area contributed by atoms with Gasteiger partial charge in [0, 0.05) is 13.3 Å². The van der Waals surface area contributed by atoms with E-state index in [1.807, 2.05) is 31.2 Å². The van der Waals surface area contributed by atoms with E-state index in [9.17, 15) is 14.7 Å². The van der Waals surface area contributed by atoms with Crippen molar-refractivity contribution in [3.8, 4) is 5.75 Å². The molecule has 1 fully saturated rings. The Hall–Kier alpha value is -2.20. The summed E-state index contributed by atoms with van der Waals surface area (Å²) >= 11 is 0. The van der Waals surface area contributed by atoms with E-state index >= 15 is 0 Å². The number of hydrogen-bond acceptors (Lipinski definition) is 4. The van der Waals surface area contributed by atoms with Gasteiger partial charge in [-0.25, -0.2) is 0 Å². The normalized spacial score (nSPS) is 28.5. The predicted molar refractivity (Wildman–Crippen MR) is 89.8 cm³/mol. The van der Waals surface area contributed by atoms with Crippen LogP contribution in [0.4, 0.5) is 0 Å². The molecule has 2 aromatic carbocycles. The summed E-state index contributed by atoms with van der Waals surface area (Å²) in [7, 11) is 0. The van der Waals surface area contributed by atoms with Crippen molar-refractivity contribution in [2.45, 2.75) is 45.1 Å². The van der Waals surface area contributed by atoms with Gasteiger partial charge in [0.15, 0.2) is 0 Å². The van der Waals surface area contributed by atoms with Gasteiger partial charge < -0.3 is 9.84 Å². The molecular weight excluding hydrogens is 304 g/mol. The molecule has 2 aliphatic rings. The summed E-state index contributed by atoms with van der Waals surface area (Å²) in [5, 5.41) is 13.4. The van der Waals surface area contributed by atoms with E-state index in [0.29, 0.717) is 25.0 Å². The topological polar surface area (TPSA) is 63.6 Å². The summed E-state index contributed by atoms with van der Waals surface area (Å²) in [4.78, 5) is 23.5. The first kappa shape index (κ1) is 15.3. The molecule has 1 N–H and O–H groups in total. The van der Waals surface area contributed by atoms with Crippen molar-refractivity contribution in [1.29, 1.82) is 0 Å². The van der Waals surface area contributed by atoms with Gasteiger partial charge in [0.05, 0.1) is 5.41 Å². The Morgan fingerprint density at radius 3 is 2.71 bits per heavy atom. The lowest BCUT2D eigenvalue weighted by Gasteiger charge is -2.44. The molecule has 4 heteroatoms. The number of Topliss-reactive ketones (excluding diaryl/α,β-unsaturated/α-hetero) is 1. The molecule has 2 aliphatic carbocycles. The highest BCUT2D eigenvalue weighted by Crippen LogP contribution is 2.57. The summed E-state index contributed by atoms with van der Waals surface area (Å²) in [5.41, 5.74) is 0.248. The third kappa shape index (κ3) is 1.89. The standard InChI is InChI=1S/C20H20O4/c1-12(21)24-14-4-5-15-13(11-14)3-6-17-16(15)7-9-19(2)18(22)8-10-20(17,19)23/h3-6,11,23H,7-10H2,1-2H3/t19-,20-/m1/s1. The Kier molecular flexibility index (Phi) is 3.13. The smallest absolute Gasteiger partial charge is 0.308 e. The van der Waals surface area contributed by atoms with Gasteiger partial charge in [-0.15, -0.1) is 0 Å².